The van der Waals surface area contributed by atoms with E-state index in [1.54, 1.807) is 32.2 Å². The van der Waals surface area contributed by atoms with Crippen LogP contribution < -0.4 is 10.6 Å². The minimum Gasteiger partial charge on any atom is -0.383 e. The lowest BCUT2D eigenvalue weighted by molar-refractivity contribution is 0.0988. The van der Waals surface area contributed by atoms with E-state index in [0.29, 0.717) is 6.54 Å². The Morgan fingerprint density at radius 2 is 2.16 bits per heavy atom. The Balaban J connectivity index is 2.41. The van der Waals surface area contributed by atoms with E-state index in [-0.39, 0.29) is 23.0 Å². The zero-order valence-corrected chi connectivity index (χ0v) is 10.8. The van der Waals surface area contributed by atoms with Crippen molar-refractivity contribution in [3.8, 4) is 0 Å². The molecule has 0 saturated carbocycles. The Morgan fingerprint density at radius 3 is 2.68 bits per heavy atom. The molecule has 6 heteroatoms. The first-order valence-corrected chi connectivity index (χ1v) is 5.90. The van der Waals surface area contributed by atoms with Crippen molar-refractivity contribution in [3.05, 3.63) is 41.8 Å². The number of carbonyl (C=O) groups excluding carboxylic acids is 1. The van der Waals surface area contributed by atoms with Crippen LogP contribution in [0.2, 0.25) is 0 Å². The third kappa shape index (κ3) is 2.29. The van der Waals surface area contributed by atoms with Gasteiger partial charge in [0.05, 0.1) is 11.9 Å². The van der Waals surface area contributed by atoms with Crippen LogP contribution in [0, 0.1) is 5.82 Å². The standard InChI is InChI=1S/C13H15FN4O/c1-3-18(11-7-5-4-6-10(11)14)13(19)9-8-16-17(2)12(9)15/h4-8H,3,15H2,1-2H3. The molecule has 2 aromatic rings. The van der Waals surface area contributed by atoms with Gasteiger partial charge in [0.2, 0.25) is 0 Å². The minimum atomic E-state index is -0.444. The lowest BCUT2D eigenvalue weighted by Crippen LogP contribution is -2.31. The molecule has 100 valence electrons. The predicted molar refractivity (Wildman–Crippen MR) is 71.4 cm³/mol. The molecular weight excluding hydrogens is 247 g/mol. The van der Waals surface area contributed by atoms with E-state index in [4.69, 9.17) is 5.73 Å². The van der Waals surface area contributed by atoms with Crippen molar-refractivity contribution in [2.75, 3.05) is 17.2 Å². The van der Waals surface area contributed by atoms with Gasteiger partial charge >= 0.3 is 0 Å². The molecule has 1 aromatic carbocycles. The summed E-state index contributed by atoms with van der Waals surface area (Å²) in [5, 5.41) is 3.92. The molecule has 1 heterocycles. The summed E-state index contributed by atoms with van der Waals surface area (Å²) >= 11 is 0. The summed E-state index contributed by atoms with van der Waals surface area (Å²) in [6.45, 7) is 2.12. The van der Waals surface area contributed by atoms with Gasteiger partial charge in [-0.1, -0.05) is 12.1 Å². The van der Waals surface area contributed by atoms with Gasteiger partial charge in [-0.3, -0.25) is 9.48 Å². The van der Waals surface area contributed by atoms with E-state index in [9.17, 15) is 9.18 Å². The largest absolute Gasteiger partial charge is 0.383 e. The van der Waals surface area contributed by atoms with E-state index in [2.05, 4.69) is 5.10 Å². The summed E-state index contributed by atoms with van der Waals surface area (Å²) in [7, 11) is 1.64. The van der Waals surface area contributed by atoms with Gasteiger partial charge in [-0.2, -0.15) is 5.10 Å². The van der Waals surface area contributed by atoms with Crippen molar-refractivity contribution in [1.82, 2.24) is 9.78 Å². The summed E-state index contributed by atoms with van der Waals surface area (Å²) in [5.74, 6) is -0.543. The number of halogens is 1. The quantitative estimate of drug-likeness (QED) is 0.917. The second-order valence-electron chi connectivity index (χ2n) is 4.07. The molecular formula is C13H15FN4O. The molecule has 0 radical (unpaired) electrons. The lowest BCUT2D eigenvalue weighted by Gasteiger charge is -2.21. The molecule has 19 heavy (non-hydrogen) atoms. The summed E-state index contributed by atoms with van der Waals surface area (Å²) in [6, 6.07) is 6.14. The van der Waals surface area contributed by atoms with Crippen LogP contribution in [0.5, 0.6) is 0 Å². The number of para-hydroxylation sites is 1. The van der Waals surface area contributed by atoms with Gasteiger partial charge in [-0.25, -0.2) is 4.39 Å². The molecule has 0 spiro atoms. The third-order valence-corrected chi connectivity index (χ3v) is 2.92. The maximum Gasteiger partial charge on any atom is 0.263 e. The number of rotatable bonds is 3. The smallest absolute Gasteiger partial charge is 0.263 e. The SMILES string of the molecule is CCN(C(=O)c1cnn(C)c1N)c1ccccc1F. The van der Waals surface area contributed by atoms with Crippen molar-refractivity contribution in [3.63, 3.8) is 0 Å². The summed E-state index contributed by atoms with van der Waals surface area (Å²) in [5.41, 5.74) is 6.28. The number of aromatic nitrogens is 2. The van der Waals surface area contributed by atoms with Crippen LogP contribution in [-0.4, -0.2) is 22.2 Å². The molecule has 0 bridgehead atoms. The van der Waals surface area contributed by atoms with Gasteiger partial charge in [-0.05, 0) is 19.1 Å². The number of carbonyl (C=O) groups is 1. The normalized spacial score (nSPS) is 10.5. The van der Waals surface area contributed by atoms with Crippen LogP contribution in [0.4, 0.5) is 15.9 Å². The van der Waals surface area contributed by atoms with Gasteiger partial charge in [0.1, 0.15) is 17.2 Å². The number of aryl methyl sites for hydroxylation is 1. The predicted octanol–water partition coefficient (Wildman–Crippen LogP) is 1.81. The number of hydrogen-bond donors (Lipinski definition) is 1. The fourth-order valence-electron chi connectivity index (χ4n) is 1.85. The molecule has 1 amide bonds. The molecule has 0 unspecified atom stereocenters. The number of nitrogens with zero attached hydrogens (tertiary/aromatic N) is 3. The van der Waals surface area contributed by atoms with Gasteiger partial charge in [0, 0.05) is 13.6 Å². The summed E-state index contributed by atoms with van der Waals surface area (Å²) in [4.78, 5) is 13.7. The number of hydrogen-bond acceptors (Lipinski definition) is 3. The number of benzene rings is 1. The van der Waals surface area contributed by atoms with Gasteiger partial charge in [-0.15, -0.1) is 0 Å². The molecule has 0 aliphatic rings. The van der Waals surface area contributed by atoms with Gasteiger partial charge in [0.15, 0.2) is 0 Å². The van der Waals surface area contributed by atoms with E-state index in [0.717, 1.165) is 0 Å². The minimum absolute atomic E-state index is 0.234. The monoisotopic (exact) mass is 262 g/mol. The van der Waals surface area contributed by atoms with Crippen molar-refractivity contribution in [2.45, 2.75) is 6.92 Å². The number of amides is 1. The van der Waals surface area contributed by atoms with Gasteiger partial charge < -0.3 is 10.6 Å². The lowest BCUT2D eigenvalue weighted by atomic mass is 10.2. The number of nitrogen functional groups attached to an aromatic ring is 1. The highest BCUT2D eigenvalue weighted by Crippen LogP contribution is 2.22. The van der Waals surface area contributed by atoms with Crippen LogP contribution in [0.3, 0.4) is 0 Å². The van der Waals surface area contributed by atoms with Crippen LogP contribution in [-0.2, 0) is 7.05 Å². The number of anilines is 2. The molecule has 0 fully saturated rings. The van der Waals surface area contributed by atoms with E-state index < -0.39 is 5.82 Å². The molecule has 0 aliphatic carbocycles. The Hall–Kier alpha value is -2.37. The maximum absolute atomic E-state index is 13.8. The number of nitrogens with two attached hydrogens (primary N) is 1. The molecule has 2 N–H and O–H groups in total. The molecule has 2 rings (SSSR count). The second-order valence-corrected chi connectivity index (χ2v) is 4.07. The van der Waals surface area contributed by atoms with E-state index in [1.807, 2.05) is 0 Å². The van der Waals surface area contributed by atoms with E-state index >= 15 is 0 Å². The van der Waals surface area contributed by atoms with Crippen LogP contribution in [0.25, 0.3) is 0 Å². The van der Waals surface area contributed by atoms with Crippen LogP contribution in [0.1, 0.15) is 17.3 Å². The molecule has 0 aliphatic heterocycles. The zero-order chi connectivity index (χ0) is 14.0. The fourth-order valence-corrected chi connectivity index (χ4v) is 1.85. The topological polar surface area (TPSA) is 64.2 Å². The Labute approximate surface area is 110 Å². The average Bonchev–Trinajstić information content (AvgIpc) is 2.73. The molecule has 1 aromatic heterocycles. The summed E-state index contributed by atoms with van der Waals surface area (Å²) < 4.78 is 15.2. The molecule has 0 saturated heterocycles. The molecule has 5 nitrogen and oxygen atoms in total. The molecule has 0 atom stereocenters. The highest BCUT2D eigenvalue weighted by Gasteiger charge is 2.22. The first kappa shape index (κ1) is 13.1. The van der Waals surface area contributed by atoms with Crippen molar-refractivity contribution in [1.29, 1.82) is 0 Å². The summed E-state index contributed by atoms with van der Waals surface area (Å²) in [6.07, 6.45) is 1.39. The van der Waals surface area contributed by atoms with Crippen LogP contribution >= 0.6 is 0 Å². The van der Waals surface area contributed by atoms with Crippen molar-refractivity contribution < 1.29 is 9.18 Å². The van der Waals surface area contributed by atoms with E-state index in [1.165, 1.54) is 21.8 Å². The maximum atomic E-state index is 13.8. The Morgan fingerprint density at radius 1 is 1.47 bits per heavy atom. The van der Waals surface area contributed by atoms with Crippen LogP contribution in [0.15, 0.2) is 30.5 Å². The highest BCUT2D eigenvalue weighted by atomic mass is 19.1. The van der Waals surface area contributed by atoms with Gasteiger partial charge in [0.25, 0.3) is 5.91 Å². The second kappa shape index (κ2) is 5.09. The Kier molecular flexibility index (Phi) is 3.50. The first-order chi connectivity index (χ1) is 9.06. The first-order valence-electron chi connectivity index (χ1n) is 5.90. The highest BCUT2D eigenvalue weighted by molar-refractivity contribution is 6.08. The average molecular weight is 262 g/mol. The third-order valence-electron chi connectivity index (χ3n) is 2.92. The zero-order valence-electron chi connectivity index (χ0n) is 10.8. The van der Waals surface area contributed by atoms with Crippen molar-refractivity contribution >= 4 is 17.4 Å². The fraction of sp³-hybridized carbons (Fsp3) is 0.231. The van der Waals surface area contributed by atoms with Crippen molar-refractivity contribution in [2.24, 2.45) is 7.05 Å². The Bertz CT molecular complexity index is 608.